The summed E-state index contributed by atoms with van der Waals surface area (Å²) in [6.07, 6.45) is 1.91. The Hall–Kier alpha value is -1.13. The van der Waals surface area contributed by atoms with Crippen LogP contribution in [-0.4, -0.2) is 26.0 Å². The molecule has 1 aliphatic heterocycles. The lowest BCUT2D eigenvalue weighted by atomic mass is 9.89. The minimum absolute atomic E-state index is 0. The van der Waals surface area contributed by atoms with Crippen molar-refractivity contribution in [2.45, 2.75) is 18.8 Å². The molecule has 100 valence electrons. The number of amides is 1. The van der Waals surface area contributed by atoms with Crippen LogP contribution in [0.1, 0.15) is 34.7 Å². The van der Waals surface area contributed by atoms with Crippen molar-refractivity contribution in [2.24, 2.45) is 0 Å². The summed E-state index contributed by atoms with van der Waals surface area (Å²) < 4.78 is 13.9. The number of piperidine rings is 1. The minimum atomic E-state index is -0.266. The lowest BCUT2D eigenvalue weighted by Crippen LogP contribution is -2.27. The van der Waals surface area contributed by atoms with Crippen LogP contribution in [0.3, 0.4) is 0 Å². The second kappa shape index (κ2) is 6.71. The van der Waals surface area contributed by atoms with E-state index in [2.05, 4.69) is 10.6 Å². The lowest BCUT2D eigenvalue weighted by molar-refractivity contribution is 0.0962. The van der Waals surface area contributed by atoms with Crippen molar-refractivity contribution in [3.8, 4) is 0 Å². The first-order chi connectivity index (χ1) is 8.22. The largest absolute Gasteiger partial charge is 0.355 e. The maximum atomic E-state index is 13.9. The predicted molar refractivity (Wildman–Crippen MR) is 71.9 cm³/mol. The fraction of sp³-hybridized carbons (Fsp3) is 0.462. The highest BCUT2D eigenvalue weighted by Gasteiger charge is 2.19. The van der Waals surface area contributed by atoms with Crippen LogP contribution in [-0.2, 0) is 0 Å². The quantitative estimate of drug-likeness (QED) is 0.865. The predicted octanol–water partition coefficient (Wildman–Crippen LogP) is 2.07. The van der Waals surface area contributed by atoms with Crippen LogP contribution in [0.25, 0.3) is 0 Å². The van der Waals surface area contributed by atoms with Crippen molar-refractivity contribution in [1.29, 1.82) is 0 Å². The first kappa shape index (κ1) is 14.9. The van der Waals surface area contributed by atoms with Crippen molar-refractivity contribution in [2.75, 3.05) is 20.1 Å². The monoisotopic (exact) mass is 272 g/mol. The van der Waals surface area contributed by atoms with Crippen LogP contribution in [0, 0.1) is 5.82 Å². The van der Waals surface area contributed by atoms with Gasteiger partial charge < -0.3 is 10.6 Å². The summed E-state index contributed by atoms with van der Waals surface area (Å²) in [5, 5.41) is 5.75. The van der Waals surface area contributed by atoms with E-state index in [4.69, 9.17) is 0 Å². The summed E-state index contributed by atoms with van der Waals surface area (Å²) in [4.78, 5) is 11.4. The molecule has 0 aliphatic carbocycles. The highest BCUT2D eigenvalue weighted by molar-refractivity contribution is 5.94. The zero-order chi connectivity index (χ0) is 12.3. The SMILES string of the molecule is CNC(=O)c1ccc(C2CCNCC2)c(F)c1.Cl. The smallest absolute Gasteiger partial charge is 0.251 e. The van der Waals surface area contributed by atoms with Gasteiger partial charge in [-0.25, -0.2) is 4.39 Å². The molecule has 2 rings (SSSR count). The maximum absolute atomic E-state index is 13.9. The molecular weight excluding hydrogens is 255 g/mol. The minimum Gasteiger partial charge on any atom is -0.355 e. The molecular formula is C13H18ClFN2O. The Balaban J connectivity index is 0.00000162. The Labute approximate surface area is 113 Å². The van der Waals surface area contributed by atoms with Gasteiger partial charge in [-0.1, -0.05) is 6.07 Å². The van der Waals surface area contributed by atoms with Gasteiger partial charge in [0.1, 0.15) is 5.82 Å². The Morgan fingerprint density at radius 3 is 2.61 bits per heavy atom. The molecule has 1 saturated heterocycles. The summed E-state index contributed by atoms with van der Waals surface area (Å²) in [6.45, 7) is 1.86. The third-order valence-corrected chi connectivity index (χ3v) is 3.27. The van der Waals surface area contributed by atoms with Gasteiger partial charge in [0.15, 0.2) is 0 Å². The van der Waals surface area contributed by atoms with Crippen LogP contribution in [0.2, 0.25) is 0 Å². The molecule has 3 nitrogen and oxygen atoms in total. The summed E-state index contributed by atoms with van der Waals surface area (Å²) in [6, 6.07) is 4.77. The molecule has 2 N–H and O–H groups in total. The molecule has 0 unspecified atom stereocenters. The van der Waals surface area contributed by atoms with Gasteiger partial charge in [0.25, 0.3) is 5.91 Å². The second-order valence-corrected chi connectivity index (χ2v) is 4.34. The van der Waals surface area contributed by atoms with E-state index in [1.165, 1.54) is 6.07 Å². The molecule has 0 atom stereocenters. The van der Waals surface area contributed by atoms with E-state index in [1.54, 1.807) is 19.2 Å². The van der Waals surface area contributed by atoms with Crippen molar-refractivity contribution >= 4 is 18.3 Å². The normalized spacial score (nSPS) is 15.9. The highest BCUT2D eigenvalue weighted by atomic mass is 35.5. The van der Waals surface area contributed by atoms with Crippen molar-refractivity contribution in [3.63, 3.8) is 0 Å². The number of carbonyl (C=O) groups is 1. The van der Waals surface area contributed by atoms with E-state index in [0.29, 0.717) is 5.56 Å². The standard InChI is InChI=1S/C13H17FN2O.ClH/c1-15-13(17)10-2-3-11(12(14)8-10)9-4-6-16-7-5-9;/h2-3,8-9,16H,4-7H2,1H3,(H,15,17);1H. The fourth-order valence-electron chi connectivity index (χ4n) is 2.28. The Morgan fingerprint density at radius 2 is 2.06 bits per heavy atom. The number of benzene rings is 1. The summed E-state index contributed by atoms with van der Waals surface area (Å²) in [7, 11) is 1.54. The first-order valence-electron chi connectivity index (χ1n) is 5.94. The second-order valence-electron chi connectivity index (χ2n) is 4.34. The Morgan fingerprint density at radius 1 is 1.39 bits per heavy atom. The molecule has 1 heterocycles. The van der Waals surface area contributed by atoms with Gasteiger partial charge >= 0.3 is 0 Å². The molecule has 18 heavy (non-hydrogen) atoms. The van der Waals surface area contributed by atoms with Crippen LogP contribution in [0.15, 0.2) is 18.2 Å². The molecule has 0 saturated carbocycles. The number of hydrogen-bond donors (Lipinski definition) is 2. The number of halogens is 2. The molecule has 1 aliphatic rings. The molecule has 1 aromatic rings. The first-order valence-corrected chi connectivity index (χ1v) is 5.94. The zero-order valence-corrected chi connectivity index (χ0v) is 11.1. The molecule has 0 bridgehead atoms. The number of hydrogen-bond acceptors (Lipinski definition) is 2. The van der Waals surface area contributed by atoms with E-state index in [9.17, 15) is 9.18 Å². The van der Waals surface area contributed by atoms with Gasteiger partial charge in [0.05, 0.1) is 0 Å². The van der Waals surface area contributed by atoms with E-state index < -0.39 is 0 Å². The van der Waals surface area contributed by atoms with Gasteiger partial charge in [0.2, 0.25) is 0 Å². The molecule has 1 amide bonds. The van der Waals surface area contributed by atoms with Crippen LogP contribution < -0.4 is 10.6 Å². The molecule has 0 spiro atoms. The number of rotatable bonds is 2. The Bertz CT molecular complexity index is 419. The molecule has 1 aromatic carbocycles. The van der Waals surface area contributed by atoms with E-state index in [0.717, 1.165) is 31.5 Å². The average Bonchev–Trinajstić information content (AvgIpc) is 2.38. The van der Waals surface area contributed by atoms with Crippen LogP contribution in [0.4, 0.5) is 4.39 Å². The molecule has 0 radical (unpaired) electrons. The average molecular weight is 273 g/mol. The lowest BCUT2D eigenvalue weighted by Gasteiger charge is -2.23. The van der Waals surface area contributed by atoms with Crippen molar-refractivity contribution in [1.82, 2.24) is 10.6 Å². The van der Waals surface area contributed by atoms with E-state index in [-0.39, 0.29) is 30.0 Å². The molecule has 5 heteroatoms. The van der Waals surface area contributed by atoms with E-state index >= 15 is 0 Å². The van der Waals surface area contributed by atoms with Crippen LogP contribution in [0.5, 0.6) is 0 Å². The number of carbonyl (C=O) groups excluding carboxylic acids is 1. The third kappa shape index (κ3) is 3.21. The maximum Gasteiger partial charge on any atom is 0.251 e. The van der Waals surface area contributed by atoms with Gasteiger partial charge in [0, 0.05) is 12.6 Å². The van der Waals surface area contributed by atoms with Crippen LogP contribution >= 0.6 is 12.4 Å². The summed E-state index contributed by atoms with van der Waals surface area (Å²) in [5.41, 5.74) is 1.11. The van der Waals surface area contributed by atoms with E-state index in [1.807, 2.05) is 0 Å². The zero-order valence-electron chi connectivity index (χ0n) is 10.3. The molecule has 1 fully saturated rings. The fourth-order valence-corrected chi connectivity index (χ4v) is 2.28. The summed E-state index contributed by atoms with van der Waals surface area (Å²) >= 11 is 0. The molecule has 0 aromatic heterocycles. The summed E-state index contributed by atoms with van der Waals surface area (Å²) in [5.74, 6) is -0.242. The van der Waals surface area contributed by atoms with Gasteiger partial charge in [-0.15, -0.1) is 12.4 Å². The highest BCUT2D eigenvalue weighted by Crippen LogP contribution is 2.27. The van der Waals surface area contributed by atoms with Gasteiger partial charge in [-0.3, -0.25) is 4.79 Å². The third-order valence-electron chi connectivity index (χ3n) is 3.27. The number of nitrogens with one attached hydrogen (secondary N) is 2. The van der Waals surface area contributed by atoms with Gasteiger partial charge in [-0.05, 0) is 49.5 Å². The Kier molecular flexibility index (Phi) is 5.56. The van der Waals surface area contributed by atoms with Crippen molar-refractivity contribution < 1.29 is 9.18 Å². The van der Waals surface area contributed by atoms with Crippen molar-refractivity contribution in [3.05, 3.63) is 35.1 Å². The topological polar surface area (TPSA) is 41.1 Å². The van der Waals surface area contributed by atoms with Gasteiger partial charge in [-0.2, -0.15) is 0 Å².